The first-order valence-corrected chi connectivity index (χ1v) is 5.89. The monoisotopic (exact) mass is 316 g/mol. The molecule has 0 radical (unpaired) electrons. The predicted molar refractivity (Wildman–Crippen MR) is 66.7 cm³/mol. The van der Waals surface area contributed by atoms with Crippen molar-refractivity contribution < 1.29 is 4.39 Å². The highest BCUT2D eigenvalue weighted by molar-refractivity contribution is 9.10. The lowest BCUT2D eigenvalue weighted by Crippen LogP contribution is -2.21. The van der Waals surface area contributed by atoms with Gasteiger partial charge in [-0.2, -0.15) is 0 Å². The smallest absolute Gasteiger partial charge is 0.267 e. The molecule has 0 amide bonds. The van der Waals surface area contributed by atoms with E-state index in [9.17, 15) is 9.18 Å². The number of rotatable bonds is 2. The zero-order chi connectivity index (χ0) is 12.4. The van der Waals surface area contributed by atoms with E-state index in [1.54, 1.807) is 12.1 Å². The Labute approximate surface area is 110 Å². The molecular weight excluding hydrogens is 310 g/mol. The summed E-state index contributed by atoms with van der Waals surface area (Å²) in [5, 5.41) is 0.0272. The third-order valence-corrected chi connectivity index (χ3v) is 3.20. The van der Waals surface area contributed by atoms with Crippen LogP contribution in [0.4, 0.5) is 4.39 Å². The number of hydrogen-bond acceptors (Lipinski definition) is 2. The van der Waals surface area contributed by atoms with Crippen LogP contribution >= 0.6 is 27.5 Å². The van der Waals surface area contributed by atoms with Crippen LogP contribution in [0.15, 0.2) is 40.0 Å². The third-order valence-electron chi connectivity index (χ3n) is 2.23. The van der Waals surface area contributed by atoms with Crippen LogP contribution in [0.2, 0.25) is 5.02 Å². The van der Waals surface area contributed by atoms with E-state index < -0.39 is 5.82 Å². The fourth-order valence-corrected chi connectivity index (χ4v) is 1.92. The number of aromatic nitrogens is 2. The van der Waals surface area contributed by atoms with Crippen molar-refractivity contribution in [2.24, 2.45) is 0 Å². The quantitative estimate of drug-likeness (QED) is 0.853. The summed E-state index contributed by atoms with van der Waals surface area (Å²) in [4.78, 5) is 15.6. The van der Waals surface area contributed by atoms with Gasteiger partial charge in [0, 0.05) is 6.20 Å². The summed E-state index contributed by atoms with van der Waals surface area (Å²) in [5.74, 6) is -0.500. The van der Waals surface area contributed by atoms with Crippen molar-refractivity contribution >= 4 is 27.5 Å². The second-order valence-electron chi connectivity index (χ2n) is 3.39. The van der Waals surface area contributed by atoms with Gasteiger partial charge < -0.3 is 0 Å². The van der Waals surface area contributed by atoms with Crippen LogP contribution in [-0.2, 0) is 6.54 Å². The minimum Gasteiger partial charge on any atom is -0.294 e. The van der Waals surface area contributed by atoms with Gasteiger partial charge in [0.05, 0.1) is 17.9 Å². The minimum absolute atomic E-state index is 0.0272. The van der Waals surface area contributed by atoms with E-state index in [1.807, 2.05) is 0 Å². The van der Waals surface area contributed by atoms with Gasteiger partial charge in [-0.3, -0.25) is 9.36 Å². The zero-order valence-corrected chi connectivity index (χ0v) is 10.9. The molecule has 0 saturated carbocycles. The highest BCUT2D eigenvalue weighted by Crippen LogP contribution is 2.20. The molecular formula is C11H7BrClFN2O. The van der Waals surface area contributed by atoms with Crippen molar-refractivity contribution in [2.75, 3.05) is 0 Å². The molecule has 88 valence electrons. The number of nitrogens with zero attached hydrogens (tertiary/aromatic N) is 2. The second-order valence-corrected chi connectivity index (χ2v) is 4.62. The van der Waals surface area contributed by atoms with Gasteiger partial charge in [0.15, 0.2) is 0 Å². The molecule has 0 bridgehead atoms. The van der Waals surface area contributed by atoms with Gasteiger partial charge in [0.1, 0.15) is 10.3 Å². The predicted octanol–water partition coefficient (Wildman–Crippen LogP) is 2.85. The maximum absolute atomic E-state index is 13.2. The topological polar surface area (TPSA) is 34.9 Å². The normalized spacial score (nSPS) is 10.5. The Kier molecular flexibility index (Phi) is 3.59. The molecule has 0 aliphatic carbocycles. The SMILES string of the molecule is O=c1c(Br)cncn1Cc1cccc(F)c1Cl. The second kappa shape index (κ2) is 4.98. The van der Waals surface area contributed by atoms with Gasteiger partial charge in [0.25, 0.3) is 5.56 Å². The Hall–Kier alpha value is -1.20. The Morgan fingerprint density at radius 2 is 2.24 bits per heavy atom. The summed E-state index contributed by atoms with van der Waals surface area (Å²) in [7, 11) is 0. The van der Waals surface area contributed by atoms with Crippen molar-refractivity contribution in [1.29, 1.82) is 0 Å². The molecule has 2 rings (SSSR count). The van der Waals surface area contributed by atoms with Crippen LogP contribution in [0.1, 0.15) is 5.56 Å². The molecule has 0 N–H and O–H groups in total. The molecule has 0 atom stereocenters. The molecule has 1 aromatic carbocycles. The summed E-state index contributed by atoms with van der Waals surface area (Å²) in [6, 6.07) is 4.49. The molecule has 0 saturated heterocycles. The van der Waals surface area contributed by atoms with Crippen molar-refractivity contribution in [3.63, 3.8) is 0 Å². The molecule has 1 heterocycles. The number of hydrogen-bond donors (Lipinski definition) is 0. The fraction of sp³-hybridized carbons (Fsp3) is 0.0909. The first-order valence-electron chi connectivity index (χ1n) is 4.72. The molecule has 3 nitrogen and oxygen atoms in total. The number of halogens is 3. The summed E-state index contributed by atoms with van der Waals surface area (Å²) in [6.07, 6.45) is 2.79. The van der Waals surface area contributed by atoms with Gasteiger partial charge in [-0.25, -0.2) is 9.37 Å². The molecule has 17 heavy (non-hydrogen) atoms. The average molecular weight is 318 g/mol. The highest BCUT2D eigenvalue weighted by Gasteiger charge is 2.08. The van der Waals surface area contributed by atoms with Crippen LogP contribution in [-0.4, -0.2) is 9.55 Å². The van der Waals surface area contributed by atoms with Crippen molar-refractivity contribution in [3.05, 3.63) is 62.0 Å². The zero-order valence-electron chi connectivity index (χ0n) is 8.53. The van der Waals surface area contributed by atoms with Crippen molar-refractivity contribution in [1.82, 2.24) is 9.55 Å². The minimum atomic E-state index is -0.500. The summed E-state index contributed by atoms with van der Waals surface area (Å²) < 4.78 is 14.9. The van der Waals surface area contributed by atoms with Gasteiger partial charge in [-0.05, 0) is 27.6 Å². The Bertz CT molecular complexity index is 615. The Morgan fingerprint density at radius 3 is 3.00 bits per heavy atom. The molecule has 0 aliphatic rings. The van der Waals surface area contributed by atoms with E-state index in [1.165, 1.54) is 23.2 Å². The first-order chi connectivity index (χ1) is 8.09. The van der Waals surface area contributed by atoms with Crippen molar-refractivity contribution in [2.45, 2.75) is 6.54 Å². The van der Waals surface area contributed by atoms with Crippen LogP contribution in [0, 0.1) is 5.82 Å². The summed E-state index contributed by atoms with van der Waals surface area (Å²) in [6.45, 7) is 0.182. The lowest BCUT2D eigenvalue weighted by atomic mass is 10.2. The molecule has 0 fully saturated rings. The van der Waals surface area contributed by atoms with E-state index in [-0.39, 0.29) is 17.1 Å². The van der Waals surface area contributed by atoms with Gasteiger partial charge in [-0.1, -0.05) is 23.7 Å². The van der Waals surface area contributed by atoms with E-state index in [0.29, 0.717) is 10.0 Å². The third kappa shape index (κ3) is 2.56. The molecule has 6 heteroatoms. The molecule has 0 unspecified atom stereocenters. The first kappa shape index (κ1) is 12.3. The largest absolute Gasteiger partial charge is 0.294 e. The van der Waals surface area contributed by atoms with Gasteiger partial charge in [0.2, 0.25) is 0 Å². The van der Waals surface area contributed by atoms with E-state index >= 15 is 0 Å². The van der Waals surface area contributed by atoms with Crippen LogP contribution in [0.3, 0.4) is 0 Å². The standard InChI is InChI=1S/C11H7BrClFN2O/c12-8-4-15-6-16(11(8)17)5-7-2-1-3-9(14)10(7)13/h1-4,6H,5H2. The molecule has 1 aromatic heterocycles. The molecule has 2 aromatic rings. The van der Waals surface area contributed by atoms with E-state index in [2.05, 4.69) is 20.9 Å². The van der Waals surface area contributed by atoms with Crippen LogP contribution < -0.4 is 5.56 Å². The maximum atomic E-state index is 13.2. The lowest BCUT2D eigenvalue weighted by molar-refractivity contribution is 0.622. The van der Waals surface area contributed by atoms with Crippen LogP contribution in [0.5, 0.6) is 0 Å². The average Bonchev–Trinajstić information content (AvgIpc) is 2.31. The summed E-state index contributed by atoms with van der Waals surface area (Å²) in [5.41, 5.74) is 0.300. The van der Waals surface area contributed by atoms with E-state index in [0.717, 1.165) is 0 Å². The molecule has 0 spiro atoms. The Morgan fingerprint density at radius 1 is 1.47 bits per heavy atom. The van der Waals surface area contributed by atoms with Gasteiger partial charge in [-0.15, -0.1) is 0 Å². The lowest BCUT2D eigenvalue weighted by Gasteiger charge is -2.07. The summed E-state index contributed by atoms with van der Waals surface area (Å²) >= 11 is 8.90. The van der Waals surface area contributed by atoms with E-state index in [4.69, 9.17) is 11.6 Å². The maximum Gasteiger partial charge on any atom is 0.267 e. The highest BCUT2D eigenvalue weighted by atomic mass is 79.9. The Balaban J connectivity index is 2.42. The van der Waals surface area contributed by atoms with Gasteiger partial charge >= 0.3 is 0 Å². The molecule has 0 aliphatic heterocycles. The van der Waals surface area contributed by atoms with Crippen molar-refractivity contribution in [3.8, 4) is 0 Å². The van der Waals surface area contributed by atoms with Crippen LogP contribution in [0.25, 0.3) is 0 Å². The number of benzene rings is 1. The fourth-order valence-electron chi connectivity index (χ4n) is 1.39.